The monoisotopic (exact) mass is 208 g/mol. The van der Waals surface area contributed by atoms with E-state index >= 15 is 0 Å². The first-order valence-electron chi connectivity index (χ1n) is 4.81. The Morgan fingerprint density at radius 1 is 1.20 bits per heavy atom. The van der Waals surface area contributed by atoms with Crippen molar-refractivity contribution < 1.29 is 9.47 Å². The molecule has 0 unspecified atom stereocenters. The lowest BCUT2D eigenvalue weighted by Crippen LogP contribution is -1.96. The van der Waals surface area contributed by atoms with Crippen LogP contribution in [-0.2, 0) is 0 Å². The third-order valence-corrected chi connectivity index (χ3v) is 1.79. The fraction of sp³-hybridized carbons (Fsp3) is 0.444. The molecule has 2 heterocycles. The molecule has 0 atom stereocenters. The van der Waals surface area contributed by atoms with E-state index in [4.69, 9.17) is 9.47 Å². The summed E-state index contributed by atoms with van der Waals surface area (Å²) in [6, 6.07) is 0.439. The van der Waals surface area contributed by atoms with Crippen LogP contribution >= 0.6 is 0 Å². The van der Waals surface area contributed by atoms with Gasteiger partial charge in [-0.15, -0.1) is 0 Å². The molecule has 0 amide bonds. The fourth-order valence-corrected chi connectivity index (χ4v) is 1.24. The largest absolute Gasteiger partial charge is 0.476 e. The molecule has 0 bridgehead atoms. The van der Waals surface area contributed by atoms with Gasteiger partial charge in [0, 0.05) is 0 Å². The molecule has 80 valence electrons. The number of rotatable bonds is 4. The Bertz CT molecular complexity index is 454. The van der Waals surface area contributed by atoms with Gasteiger partial charge in [-0.1, -0.05) is 0 Å². The number of ether oxygens (including phenoxy) is 2. The van der Waals surface area contributed by atoms with Crippen LogP contribution in [0.15, 0.2) is 6.33 Å². The van der Waals surface area contributed by atoms with E-state index in [1.54, 1.807) is 0 Å². The summed E-state index contributed by atoms with van der Waals surface area (Å²) in [5, 5.41) is 0. The summed E-state index contributed by atoms with van der Waals surface area (Å²) >= 11 is 0. The first kappa shape index (κ1) is 9.70. The zero-order valence-electron chi connectivity index (χ0n) is 8.65. The van der Waals surface area contributed by atoms with Crippen LogP contribution in [0.1, 0.15) is 13.8 Å². The molecule has 0 aliphatic heterocycles. The van der Waals surface area contributed by atoms with E-state index in [9.17, 15) is 0 Å². The second-order valence-electron chi connectivity index (χ2n) is 2.79. The summed E-state index contributed by atoms with van der Waals surface area (Å²) in [6.07, 6.45) is 1.42. The number of hydrogen-bond acceptors (Lipinski definition) is 5. The molecule has 0 radical (unpaired) electrons. The Labute approximate surface area is 86.7 Å². The summed E-state index contributed by atoms with van der Waals surface area (Å²) < 4.78 is 10.6. The minimum atomic E-state index is 0.439. The van der Waals surface area contributed by atoms with Gasteiger partial charge in [-0.25, -0.2) is 4.98 Å². The first-order valence-corrected chi connectivity index (χ1v) is 4.81. The summed E-state index contributed by atoms with van der Waals surface area (Å²) in [5.41, 5.74) is 1.22. The molecule has 2 aromatic heterocycles. The Hall–Kier alpha value is -1.85. The minimum absolute atomic E-state index is 0.439. The maximum atomic E-state index is 5.33. The van der Waals surface area contributed by atoms with Gasteiger partial charge in [-0.3, -0.25) is 0 Å². The Morgan fingerprint density at radius 2 is 2.00 bits per heavy atom. The molecular weight excluding hydrogens is 196 g/mol. The molecule has 0 saturated heterocycles. The summed E-state index contributed by atoms with van der Waals surface area (Å²) in [5.74, 6) is 0.501. The van der Waals surface area contributed by atoms with Gasteiger partial charge in [-0.05, 0) is 13.8 Å². The van der Waals surface area contributed by atoms with Crippen molar-refractivity contribution in [1.29, 1.82) is 0 Å². The van der Waals surface area contributed by atoms with Gasteiger partial charge < -0.3 is 14.5 Å². The lowest BCUT2D eigenvalue weighted by molar-refractivity contribution is 0.315. The van der Waals surface area contributed by atoms with Gasteiger partial charge in [0.2, 0.25) is 5.88 Å². The minimum Gasteiger partial charge on any atom is -0.476 e. The van der Waals surface area contributed by atoms with E-state index in [1.807, 2.05) is 13.8 Å². The second-order valence-corrected chi connectivity index (χ2v) is 2.79. The van der Waals surface area contributed by atoms with Crippen LogP contribution in [0.4, 0.5) is 0 Å². The summed E-state index contributed by atoms with van der Waals surface area (Å²) in [4.78, 5) is 15.1. The molecular formula is C9H12N4O2. The number of fused-ring (bicyclic) bond motifs is 1. The van der Waals surface area contributed by atoms with Crippen LogP contribution in [0.25, 0.3) is 11.2 Å². The second kappa shape index (κ2) is 4.12. The Morgan fingerprint density at radius 3 is 2.73 bits per heavy atom. The topological polar surface area (TPSA) is 72.9 Å². The van der Waals surface area contributed by atoms with Crippen molar-refractivity contribution in [3.63, 3.8) is 0 Å². The molecule has 0 aliphatic rings. The number of nitrogens with one attached hydrogen (secondary N) is 1. The Kier molecular flexibility index (Phi) is 2.66. The molecule has 1 N–H and O–H groups in total. The molecule has 2 aromatic rings. The quantitative estimate of drug-likeness (QED) is 0.815. The molecule has 0 saturated carbocycles. The van der Waals surface area contributed by atoms with E-state index in [0.717, 1.165) is 0 Å². The van der Waals surface area contributed by atoms with Gasteiger partial charge in [-0.2, -0.15) is 9.97 Å². The molecule has 0 aromatic carbocycles. The van der Waals surface area contributed by atoms with Crippen molar-refractivity contribution in [3.05, 3.63) is 6.33 Å². The van der Waals surface area contributed by atoms with E-state index in [2.05, 4.69) is 19.9 Å². The van der Waals surface area contributed by atoms with Crippen LogP contribution in [0, 0.1) is 0 Å². The number of aromatic nitrogens is 4. The third kappa shape index (κ3) is 1.83. The maximum Gasteiger partial charge on any atom is 0.296 e. The molecule has 0 fully saturated rings. The SMILES string of the molecule is CCOc1nc2ncnc(OCC)c2[nH]1. The van der Waals surface area contributed by atoms with Gasteiger partial charge in [0.25, 0.3) is 6.01 Å². The highest BCUT2D eigenvalue weighted by Gasteiger charge is 2.10. The van der Waals surface area contributed by atoms with Crippen LogP contribution in [-0.4, -0.2) is 33.1 Å². The molecule has 0 aliphatic carbocycles. The van der Waals surface area contributed by atoms with Crippen molar-refractivity contribution in [2.75, 3.05) is 13.2 Å². The maximum absolute atomic E-state index is 5.33. The highest BCUT2D eigenvalue weighted by atomic mass is 16.5. The van der Waals surface area contributed by atoms with Gasteiger partial charge in [0.15, 0.2) is 11.2 Å². The number of nitrogens with zero attached hydrogens (tertiary/aromatic N) is 3. The molecule has 15 heavy (non-hydrogen) atoms. The van der Waals surface area contributed by atoms with Crippen LogP contribution in [0.5, 0.6) is 11.9 Å². The summed E-state index contributed by atoms with van der Waals surface area (Å²) in [7, 11) is 0. The average molecular weight is 208 g/mol. The highest BCUT2D eigenvalue weighted by molar-refractivity contribution is 5.76. The first-order chi connectivity index (χ1) is 7.35. The fourth-order valence-electron chi connectivity index (χ4n) is 1.24. The normalized spacial score (nSPS) is 10.5. The molecule has 6 heteroatoms. The van der Waals surface area contributed by atoms with E-state index < -0.39 is 0 Å². The van der Waals surface area contributed by atoms with Crippen molar-refractivity contribution in [2.45, 2.75) is 13.8 Å². The zero-order chi connectivity index (χ0) is 10.7. The third-order valence-electron chi connectivity index (χ3n) is 1.79. The number of hydrogen-bond donors (Lipinski definition) is 1. The lowest BCUT2D eigenvalue weighted by Gasteiger charge is -2.00. The smallest absolute Gasteiger partial charge is 0.296 e. The van der Waals surface area contributed by atoms with Gasteiger partial charge in [0.05, 0.1) is 13.2 Å². The van der Waals surface area contributed by atoms with Crippen LogP contribution < -0.4 is 9.47 Å². The number of aromatic amines is 1. The van der Waals surface area contributed by atoms with Crippen molar-refractivity contribution in [2.24, 2.45) is 0 Å². The van der Waals surface area contributed by atoms with E-state index in [0.29, 0.717) is 36.3 Å². The summed E-state index contributed by atoms with van der Waals surface area (Å²) in [6.45, 7) is 4.89. The van der Waals surface area contributed by atoms with Crippen LogP contribution in [0.2, 0.25) is 0 Å². The lowest BCUT2D eigenvalue weighted by atomic mass is 10.5. The van der Waals surface area contributed by atoms with Crippen molar-refractivity contribution in [1.82, 2.24) is 19.9 Å². The predicted molar refractivity (Wildman–Crippen MR) is 54.0 cm³/mol. The van der Waals surface area contributed by atoms with Gasteiger partial charge in [0.1, 0.15) is 6.33 Å². The van der Waals surface area contributed by atoms with Crippen molar-refractivity contribution in [3.8, 4) is 11.9 Å². The molecule has 0 spiro atoms. The van der Waals surface area contributed by atoms with Crippen molar-refractivity contribution >= 4 is 11.2 Å². The predicted octanol–water partition coefficient (Wildman–Crippen LogP) is 1.15. The van der Waals surface area contributed by atoms with Gasteiger partial charge >= 0.3 is 0 Å². The average Bonchev–Trinajstić information content (AvgIpc) is 2.62. The standard InChI is InChI=1S/C9H12N4O2/c1-3-14-8-6-7(10-5-11-8)13-9(12-6)15-4-2/h5H,3-4H2,1-2H3,(H,10,11,12,13). The molecule has 6 nitrogen and oxygen atoms in total. The number of H-pyrrole nitrogens is 1. The zero-order valence-corrected chi connectivity index (χ0v) is 8.65. The van der Waals surface area contributed by atoms with E-state index in [-0.39, 0.29) is 0 Å². The Balaban J connectivity index is 2.44. The highest BCUT2D eigenvalue weighted by Crippen LogP contribution is 2.21. The van der Waals surface area contributed by atoms with Crippen LogP contribution in [0.3, 0.4) is 0 Å². The molecule has 2 rings (SSSR count). The number of imidazole rings is 1. The van der Waals surface area contributed by atoms with E-state index in [1.165, 1.54) is 6.33 Å².